The third kappa shape index (κ3) is 2.83. The van der Waals surface area contributed by atoms with Crippen molar-refractivity contribution < 1.29 is 0 Å². The van der Waals surface area contributed by atoms with Gasteiger partial charge in [-0.3, -0.25) is 0 Å². The molecule has 2 rings (SSSR count). The van der Waals surface area contributed by atoms with E-state index in [9.17, 15) is 0 Å². The molecule has 0 aliphatic rings. The number of thiol groups is 1. The topological polar surface area (TPSA) is 15.8 Å². The molecule has 0 atom stereocenters. The SMILES string of the molecule is SCC=CCSc1cc2ccccc2[nH]1. The van der Waals surface area contributed by atoms with Gasteiger partial charge in [0.1, 0.15) is 0 Å². The summed E-state index contributed by atoms with van der Waals surface area (Å²) in [6, 6.07) is 10.5. The number of hydrogen-bond donors (Lipinski definition) is 2. The van der Waals surface area contributed by atoms with Crippen LogP contribution in [0.25, 0.3) is 10.9 Å². The summed E-state index contributed by atoms with van der Waals surface area (Å²) in [6.07, 6.45) is 4.21. The first-order valence-electron chi connectivity index (χ1n) is 4.86. The van der Waals surface area contributed by atoms with Crippen molar-refractivity contribution in [3.8, 4) is 0 Å². The van der Waals surface area contributed by atoms with E-state index in [1.165, 1.54) is 15.9 Å². The number of benzene rings is 1. The van der Waals surface area contributed by atoms with Crippen molar-refractivity contribution in [2.45, 2.75) is 5.03 Å². The minimum atomic E-state index is 0.813. The standard InChI is InChI=1S/C12H13NS2/c14-7-3-4-8-15-12-9-10-5-1-2-6-11(10)13-12/h1-6,9,13-14H,7-8H2. The van der Waals surface area contributed by atoms with Crippen LogP contribution in [0.15, 0.2) is 47.5 Å². The van der Waals surface area contributed by atoms with Gasteiger partial charge in [0.25, 0.3) is 0 Å². The first kappa shape index (κ1) is 10.7. The number of hydrogen-bond acceptors (Lipinski definition) is 2. The highest BCUT2D eigenvalue weighted by Gasteiger charge is 1.98. The van der Waals surface area contributed by atoms with E-state index in [0.29, 0.717) is 0 Å². The molecule has 0 amide bonds. The van der Waals surface area contributed by atoms with Crippen LogP contribution >= 0.6 is 24.4 Å². The van der Waals surface area contributed by atoms with E-state index in [-0.39, 0.29) is 0 Å². The molecule has 2 aromatic rings. The second-order valence-corrected chi connectivity index (χ2v) is 4.61. The third-order valence-electron chi connectivity index (χ3n) is 2.11. The quantitative estimate of drug-likeness (QED) is 0.468. The zero-order chi connectivity index (χ0) is 10.5. The lowest BCUT2D eigenvalue weighted by molar-refractivity contribution is 1.24. The molecule has 1 aromatic carbocycles. The highest BCUT2D eigenvalue weighted by Crippen LogP contribution is 2.22. The van der Waals surface area contributed by atoms with Crippen molar-refractivity contribution in [2.75, 3.05) is 11.5 Å². The Kier molecular flexibility index (Phi) is 3.80. The second kappa shape index (κ2) is 5.33. The smallest absolute Gasteiger partial charge is 0.0735 e. The number of nitrogens with one attached hydrogen (secondary N) is 1. The summed E-state index contributed by atoms with van der Waals surface area (Å²) in [4.78, 5) is 3.38. The van der Waals surface area contributed by atoms with Gasteiger partial charge in [-0.2, -0.15) is 12.6 Å². The van der Waals surface area contributed by atoms with Gasteiger partial charge in [0.2, 0.25) is 0 Å². The normalized spacial score (nSPS) is 11.5. The van der Waals surface area contributed by atoms with Gasteiger partial charge in [-0.15, -0.1) is 11.8 Å². The van der Waals surface area contributed by atoms with Crippen LogP contribution in [-0.2, 0) is 0 Å². The maximum absolute atomic E-state index is 4.12. The Morgan fingerprint density at radius 2 is 2.13 bits per heavy atom. The number of para-hydroxylation sites is 1. The molecule has 1 N–H and O–H groups in total. The summed E-state index contributed by atoms with van der Waals surface area (Å²) in [5, 5.41) is 2.50. The Labute approximate surface area is 99.4 Å². The van der Waals surface area contributed by atoms with E-state index in [1.54, 1.807) is 0 Å². The number of fused-ring (bicyclic) bond motifs is 1. The van der Waals surface area contributed by atoms with E-state index in [4.69, 9.17) is 0 Å². The number of H-pyrrole nitrogens is 1. The molecule has 1 aromatic heterocycles. The van der Waals surface area contributed by atoms with E-state index < -0.39 is 0 Å². The zero-order valence-electron chi connectivity index (χ0n) is 8.31. The fraction of sp³-hybridized carbons (Fsp3) is 0.167. The van der Waals surface area contributed by atoms with Crippen LogP contribution in [0.3, 0.4) is 0 Å². The Morgan fingerprint density at radius 3 is 2.93 bits per heavy atom. The highest BCUT2D eigenvalue weighted by molar-refractivity contribution is 7.99. The maximum Gasteiger partial charge on any atom is 0.0735 e. The first-order valence-corrected chi connectivity index (χ1v) is 6.48. The predicted octanol–water partition coefficient (Wildman–Crippen LogP) is 3.75. The monoisotopic (exact) mass is 235 g/mol. The summed E-state index contributed by atoms with van der Waals surface area (Å²) in [5.41, 5.74) is 1.21. The van der Waals surface area contributed by atoms with Crippen LogP contribution in [0.1, 0.15) is 0 Å². The van der Waals surface area contributed by atoms with E-state index >= 15 is 0 Å². The molecular weight excluding hydrogens is 222 g/mol. The summed E-state index contributed by atoms with van der Waals surface area (Å²) in [7, 11) is 0. The number of aromatic nitrogens is 1. The molecule has 0 aliphatic carbocycles. The number of aromatic amines is 1. The van der Waals surface area contributed by atoms with Crippen molar-refractivity contribution in [1.82, 2.24) is 4.98 Å². The molecule has 0 bridgehead atoms. The Balaban J connectivity index is 2.05. The van der Waals surface area contributed by atoms with Gasteiger partial charge in [-0.05, 0) is 12.1 Å². The predicted molar refractivity (Wildman–Crippen MR) is 72.0 cm³/mol. The van der Waals surface area contributed by atoms with Gasteiger partial charge in [-0.1, -0.05) is 30.4 Å². The number of rotatable bonds is 4. The fourth-order valence-corrected chi connectivity index (χ4v) is 2.36. The van der Waals surface area contributed by atoms with Crippen LogP contribution in [0, 0.1) is 0 Å². The summed E-state index contributed by atoms with van der Waals surface area (Å²) in [6.45, 7) is 0. The van der Waals surface area contributed by atoms with Crippen molar-refractivity contribution >= 4 is 35.3 Å². The van der Waals surface area contributed by atoms with Crippen LogP contribution in [0.5, 0.6) is 0 Å². The molecule has 78 valence electrons. The molecular formula is C12H13NS2. The van der Waals surface area contributed by atoms with E-state index in [2.05, 4.69) is 54.0 Å². The van der Waals surface area contributed by atoms with Gasteiger partial charge in [0.05, 0.1) is 5.03 Å². The molecule has 0 aliphatic heterocycles. The third-order valence-corrected chi connectivity index (χ3v) is 3.21. The molecule has 15 heavy (non-hydrogen) atoms. The minimum Gasteiger partial charge on any atom is -0.350 e. The van der Waals surface area contributed by atoms with E-state index in [0.717, 1.165) is 11.5 Å². The van der Waals surface area contributed by atoms with Gasteiger partial charge in [0.15, 0.2) is 0 Å². The van der Waals surface area contributed by atoms with Gasteiger partial charge < -0.3 is 4.98 Å². The first-order chi connectivity index (χ1) is 7.40. The summed E-state index contributed by atoms with van der Waals surface area (Å²) < 4.78 is 0. The fourth-order valence-electron chi connectivity index (χ4n) is 1.40. The molecule has 0 saturated carbocycles. The van der Waals surface area contributed by atoms with Crippen LogP contribution < -0.4 is 0 Å². The minimum absolute atomic E-state index is 0.813. The lowest BCUT2D eigenvalue weighted by atomic mass is 10.3. The molecule has 1 nitrogen and oxygen atoms in total. The Bertz CT molecular complexity index is 426. The molecule has 0 saturated heterocycles. The van der Waals surface area contributed by atoms with Crippen LogP contribution in [0.2, 0.25) is 0 Å². The Morgan fingerprint density at radius 1 is 1.27 bits per heavy atom. The van der Waals surface area contributed by atoms with Gasteiger partial charge in [-0.25, -0.2) is 0 Å². The highest BCUT2D eigenvalue weighted by atomic mass is 32.2. The van der Waals surface area contributed by atoms with Gasteiger partial charge >= 0.3 is 0 Å². The van der Waals surface area contributed by atoms with Crippen molar-refractivity contribution in [3.63, 3.8) is 0 Å². The molecule has 0 radical (unpaired) electrons. The van der Waals surface area contributed by atoms with Crippen LogP contribution in [0.4, 0.5) is 0 Å². The molecule has 0 fully saturated rings. The average molecular weight is 235 g/mol. The van der Waals surface area contributed by atoms with E-state index in [1.807, 2.05) is 17.8 Å². The zero-order valence-corrected chi connectivity index (χ0v) is 10.0. The average Bonchev–Trinajstić information content (AvgIpc) is 2.67. The Hall–Kier alpha value is -0.800. The second-order valence-electron chi connectivity index (χ2n) is 3.19. The molecule has 0 unspecified atom stereocenters. The van der Waals surface area contributed by atoms with Crippen LogP contribution in [-0.4, -0.2) is 16.5 Å². The van der Waals surface area contributed by atoms with Crippen molar-refractivity contribution in [1.29, 1.82) is 0 Å². The van der Waals surface area contributed by atoms with Crippen molar-refractivity contribution in [2.24, 2.45) is 0 Å². The summed E-state index contributed by atoms with van der Waals surface area (Å²) in [5.74, 6) is 1.81. The molecule has 0 spiro atoms. The maximum atomic E-state index is 4.12. The lowest BCUT2D eigenvalue weighted by Crippen LogP contribution is -1.73. The lowest BCUT2D eigenvalue weighted by Gasteiger charge is -1.91. The summed E-state index contributed by atoms with van der Waals surface area (Å²) >= 11 is 5.93. The number of thioether (sulfide) groups is 1. The molecule has 3 heteroatoms. The van der Waals surface area contributed by atoms with Crippen molar-refractivity contribution in [3.05, 3.63) is 42.5 Å². The largest absolute Gasteiger partial charge is 0.350 e. The van der Waals surface area contributed by atoms with Gasteiger partial charge in [0, 0.05) is 22.4 Å². The molecule has 1 heterocycles.